The predicted octanol–water partition coefficient (Wildman–Crippen LogP) is 5.71. The van der Waals surface area contributed by atoms with Gasteiger partial charge in [-0.05, 0) is 32.0 Å². The van der Waals surface area contributed by atoms with E-state index in [1.807, 2.05) is 18.2 Å². The number of para-hydroxylation sites is 1. The third-order valence-electron chi connectivity index (χ3n) is 4.84. The van der Waals surface area contributed by atoms with Gasteiger partial charge in [-0.1, -0.05) is 41.6 Å². The van der Waals surface area contributed by atoms with E-state index in [9.17, 15) is 0 Å². The van der Waals surface area contributed by atoms with Gasteiger partial charge in [0, 0.05) is 23.2 Å². The second-order valence-corrected chi connectivity index (χ2v) is 8.69. The molecule has 0 aliphatic heterocycles. The number of aryl methyl sites for hydroxylation is 1. The maximum Gasteiger partial charge on any atom is 0.191 e. The number of rotatable bonds is 8. The molecule has 2 aromatic heterocycles. The molecule has 0 aliphatic carbocycles. The van der Waals surface area contributed by atoms with Gasteiger partial charge < -0.3 is 14.0 Å². The van der Waals surface area contributed by atoms with E-state index in [0.29, 0.717) is 17.3 Å². The molecular formula is C23H24N4O2S2. The van der Waals surface area contributed by atoms with E-state index < -0.39 is 0 Å². The molecule has 0 unspecified atom stereocenters. The van der Waals surface area contributed by atoms with E-state index in [2.05, 4.69) is 58.3 Å². The molecule has 0 radical (unpaired) electrons. The molecule has 0 saturated carbocycles. The van der Waals surface area contributed by atoms with Gasteiger partial charge >= 0.3 is 0 Å². The van der Waals surface area contributed by atoms with Gasteiger partial charge in [-0.2, -0.15) is 0 Å². The van der Waals surface area contributed by atoms with Gasteiger partial charge in [0.25, 0.3) is 0 Å². The lowest BCUT2D eigenvalue weighted by Gasteiger charge is -2.10. The quantitative estimate of drug-likeness (QED) is 0.319. The summed E-state index contributed by atoms with van der Waals surface area (Å²) in [7, 11) is 3.29. The van der Waals surface area contributed by atoms with Crippen molar-refractivity contribution in [3.63, 3.8) is 0 Å². The van der Waals surface area contributed by atoms with Crippen LogP contribution in [-0.4, -0.2) is 34.0 Å². The molecular weight excluding hydrogens is 428 g/mol. The molecule has 0 amide bonds. The fraction of sp³-hybridized carbons (Fsp3) is 0.261. The average molecular weight is 453 g/mol. The number of aromatic nitrogens is 4. The number of nitrogens with zero attached hydrogens (tertiary/aromatic N) is 4. The summed E-state index contributed by atoms with van der Waals surface area (Å²) in [5, 5.41) is 12.8. The zero-order valence-electron chi connectivity index (χ0n) is 18.0. The van der Waals surface area contributed by atoms with Crippen LogP contribution in [0.25, 0.3) is 22.0 Å². The monoisotopic (exact) mass is 452 g/mol. The standard InChI is InChI=1S/C23H24N4O2S2/c1-5-27-21(16-9-6-8-15(2)12-16)25-26-23(27)31-14-17-13-30-22(24-17)18-10-7-11-19(28-3)20(18)29-4/h6-13H,5,14H2,1-4H3. The molecule has 2 heterocycles. The molecule has 6 nitrogen and oxygen atoms in total. The summed E-state index contributed by atoms with van der Waals surface area (Å²) in [6.45, 7) is 5.01. The minimum absolute atomic E-state index is 0.700. The first kappa shape index (κ1) is 21.4. The Labute approximate surface area is 190 Å². The molecule has 160 valence electrons. The first-order valence-electron chi connectivity index (χ1n) is 9.93. The SMILES string of the molecule is CCn1c(SCc2csc(-c3cccc(OC)c3OC)n2)nnc1-c1cccc(C)c1. The van der Waals surface area contributed by atoms with Crippen LogP contribution in [0.15, 0.2) is 53.0 Å². The summed E-state index contributed by atoms with van der Waals surface area (Å²) >= 11 is 3.25. The number of ether oxygens (including phenoxy) is 2. The van der Waals surface area contributed by atoms with Crippen molar-refractivity contribution in [1.29, 1.82) is 0 Å². The van der Waals surface area contributed by atoms with Crippen molar-refractivity contribution in [3.8, 4) is 33.5 Å². The summed E-state index contributed by atoms with van der Waals surface area (Å²) in [6.07, 6.45) is 0. The Morgan fingerprint density at radius 1 is 1.06 bits per heavy atom. The normalized spacial score (nSPS) is 11.0. The minimum atomic E-state index is 0.700. The molecule has 0 fully saturated rings. The van der Waals surface area contributed by atoms with Crippen LogP contribution >= 0.6 is 23.1 Å². The molecule has 4 rings (SSSR count). The zero-order chi connectivity index (χ0) is 21.8. The molecule has 0 aliphatic rings. The van der Waals surface area contributed by atoms with Crippen LogP contribution in [0.5, 0.6) is 11.5 Å². The number of thioether (sulfide) groups is 1. The third kappa shape index (κ3) is 4.45. The Bertz CT molecular complexity index is 1190. The van der Waals surface area contributed by atoms with Crippen molar-refractivity contribution in [1.82, 2.24) is 19.7 Å². The highest BCUT2D eigenvalue weighted by molar-refractivity contribution is 7.98. The lowest BCUT2D eigenvalue weighted by molar-refractivity contribution is 0.356. The summed E-state index contributed by atoms with van der Waals surface area (Å²) in [5.74, 6) is 3.01. The van der Waals surface area contributed by atoms with Crippen molar-refractivity contribution < 1.29 is 9.47 Å². The molecule has 31 heavy (non-hydrogen) atoms. The minimum Gasteiger partial charge on any atom is -0.493 e. The van der Waals surface area contributed by atoms with Crippen LogP contribution in [0.1, 0.15) is 18.2 Å². The molecule has 0 N–H and O–H groups in total. The van der Waals surface area contributed by atoms with Crippen LogP contribution in [-0.2, 0) is 12.3 Å². The number of methoxy groups -OCH3 is 2. The molecule has 0 saturated heterocycles. The topological polar surface area (TPSA) is 62.1 Å². The van der Waals surface area contributed by atoms with Crippen LogP contribution in [0, 0.1) is 6.92 Å². The lowest BCUT2D eigenvalue weighted by atomic mass is 10.1. The maximum atomic E-state index is 5.56. The number of thiazole rings is 1. The van der Waals surface area contributed by atoms with Crippen LogP contribution in [0.2, 0.25) is 0 Å². The van der Waals surface area contributed by atoms with Crippen molar-refractivity contribution in [2.24, 2.45) is 0 Å². The van der Waals surface area contributed by atoms with E-state index in [4.69, 9.17) is 14.5 Å². The largest absolute Gasteiger partial charge is 0.493 e. The highest BCUT2D eigenvalue weighted by atomic mass is 32.2. The van der Waals surface area contributed by atoms with E-state index in [-0.39, 0.29) is 0 Å². The molecule has 2 aromatic carbocycles. The van der Waals surface area contributed by atoms with Crippen LogP contribution in [0.4, 0.5) is 0 Å². The Morgan fingerprint density at radius 2 is 1.90 bits per heavy atom. The Balaban J connectivity index is 1.54. The number of benzene rings is 2. The number of hydrogen-bond acceptors (Lipinski definition) is 7. The second-order valence-electron chi connectivity index (χ2n) is 6.89. The van der Waals surface area contributed by atoms with E-state index in [1.54, 1.807) is 37.3 Å². The fourth-order valence-corrected chi connectivity index (χ4v) is 5.21. The van der Waals surface area contributed by atoms with Crippen molar-refractivity contribution in [3.05, 3.63) is 59.1 Å². The predicted molar refractivity (Wildman–Crippen MR) is 126 cm³/mol. The Kier molecular flexibility index (Phi) is 6.58. The highest BCUT2D eigenvalue weighted by Gasteiger charge is 2.16. The zero-order valence-corrected chi connectivity index (χ0v) is 19.6. The Morgan fingerprint density at radius 3 is 2.65 bits per heavy atom. The fourth-order valence-electron chi connectivity index (χ4n) is 3.37. The second kappa shape index (κ2) is 9.53. The molecule has 8 heteroatoms. The molecule has 4 aromatic rings. The van der Waals surface area contributed by atoms with Crippen molar-refractivity contribution in [2.75, 3.05) is 14.2 Å². The highest BCUT2D eigenvalue weighted by Crippen LogP contribution is 2.39. The van der Waals surface area contributed by atoms with E-state index in [1.165, 1.54) is 5.56 Å². The van der Waals surface area contributed by atoms with Gasteiger partial charge in [0.15, 0.2) is 22.5 Å². The van der Waals surface area contributed by atoms with Gasteiger partial charge in [-0.25, -0.2) is 4.98 Å². The first-order valence-corrected chi connectivity index (χ1v) is 11.8. The molecule has 0 spiro atoms. The van der Waals surface area contributed by atoms with E-state index in [0.717, 1.165) is 39.4 Å². The first-order chi connectivity index (χ1) is 15.1. The van der Waals surface area contributed by atoms with Gasteiger partial charge in [0.05, 0.1) is 25.5 Å². The number of hydrogen-bond donors (Lipinski definition) is 0. The van der Waals surface area contributed by atoms with Gasteiger partial charge in [0.2, 0.25) is 0 Å². The summed E-state index contributed by atoms with van der Waals surface area (Å²) in [6, 6.07) is 14.2. The smallest absolute Gasteiger partial charge is 0.191 e. The van der Waals surface area contributed by atoms with Crippen molar-refractivity contribution >= 4 is 23.1 Å². The lowest BCUT2D eigenvalue weighted by Crippen LogP contribution is -2.00. The summed E-state index contributed by atoms with van der Waals surface area (Å²) in [4.78, 5) is 4.82. The van der Waals surface area contributed by atoms with Gasteiger partial charge in [-0.15, -0.1) is 21.5 Å². The summed E-state index contributed by atoms with van der Waals surface area (Å²) < 4.78 is 13.1. The van der Waals surface area contributed by atoms with Crippen molar-refractivity contribution in [2.45, 2.75) is 31.3 Å². The van der Waals surface area contributed by atoms with E-state index >= 15 is 0 Å². The maximum absolute atomic E-state index is 5.56. The van der Waals surface area contributed by atoms with Gasteiger partial charge in [0.1, 0.15) is 5.01 Å². The average Bonchev–Trinajstić information content (AvgIpc) is 3.43. The Hall–Kier alpha value is -2.84. The van der Waals surface area contributed by atoms with Crippen LogP contribution < -0.4 is 9.47 Å². The third-order valence-corrected chi connectivity index (χ3v) is 6.77. The summed E-state index contributed by atoms with van der Waals surface area (Å²) in [5.41, 5.74) is 4.22. The van der Waals surface area contributed by atoms with Gasteiger partial charge in [-0.3, -0.25) is 0 Å². The molecule has 0 bridgehead atoms. The van der Waals surface area contributed by atoms with Crippen LogP contribution in [0.3, 0.4) is 0 Å². The molecule has 0 atom stereocenters.